The number of nitrogens with two attached hydrogens (primary N) is 1. The van der Waals surface area contributed by atoms with Gasteiger partial charge in [-0.25, -0.2) is 4.79 Å². The van der Waals surface area contributed by atoms with Crippen molar-refractivity contribution in [2.75, 3.05) is 12.8 Å². The molecule has 4 N–H and O–H groups in total. The first kappa shape index (κ1) is 10.2. The van der Waals surface area contributed by atoms with Crippen LogP contribution in [0.25, 0.3) is 0 Å². The summed E-state index contributed by atoms with van der Waals surface area (Å²) >= 11 is 0. The van der Waals surface area contributed by atoms with E-state index in [1.54, 1.807) is 18.2 Å². The summed E-state index contributed by atoms with van der Waals surface area (Å²) in [6.07, 6.45) is -1.07. The number of nitrogen functional groups attached to an aromatic ring is 1. The van der Waals surface area contributed by atoms with Gasteiger partial charge in [0.05, 0.1) is 7.11 Å². The number of hydrogen-bond acceptors (Lipinski definition) is 3. The standard InChI is InChI=1S/C9H12N2O3/c1-14-8-4-7(10)3-2-6(8)5-11-9(12)13/h2-4,11H,5,10H2,1H3,(H,12,13). The fourth-order valence-electron chi connectivity index (χ4n) is 1.08. The molecule has 0 spiro atoms. The van der Waals surface area contributed by atoms with Gasteiger partial charge in [0.15, 0.2) is 0 Å². The van der Waals surface area contributed by atoms with Crippen LogP contribution in [0.5, 0.6) is 5.75 Å². The molecule has 0 saturated carbocycles. The number of carbonyl (C=O) groups is 1. The molecule has 1 aromatic rings. The van der Waals surface area contributed by atoms with E-state index in [2.05, 4.69) is 5.32 Å². The molecule has 0 fully saturated rings. The average Bonchev–Trinajstić information content (AvgIpc) is 2.15. The number of methoxy groups -OCH3 is 1. The van der Waals surface area contributed by atoms with Crippen molar-refractivity contribution < 1.29 is 14.6 Å². The largest absolute Gasteiger partial charge is 0.496 e. The molecular weight excluding hydrogens is 184 g/mol. The highest BCUT2D eigenvalue weighted by Gasteiger charge is 2.04. The van der Waals surface area contributed by atoms with Gasteiger partial charge in [0.25, 0.3) is 0 Å². The van der Waals surface area contributed by atoms with Gasteiger partial charge in [0, 0.05) is 23.9 Å². The van der Waals surface area contributed by atoms with Crippen molar-refractivity contribution in [2.24, 2.45) is 0 Å². The van der Waals surface area contributed by atoms with Gasteiger partial charge in [-0.15, -0.1) is 0 Å². The van der Waals surface area contributed by atoms with Crippen molar-refractivity contribution in [3.63, 3.8) is 0 Å². The highest BCUT2D eigenvalue weighted by Crippen LogP contribution is 2.20. The van der Waals surface area contributed by atoms with E-state index in [0.717, 1.165) is 5.56 Å². The van der Waals surface area contributed by atoms with Gasteiger partial charge in [0.2, 0.25) is 0 Å². The third-order valence-corrected chi connectivity index (χ3v) is 1.74. The number of benzene rings is 1. The van der Waals surface area contributed by atoms with Crippen LogP contribution in [-0.4, -0.2) is 18.3 Å². The Morgan fingerprint density at radius 2 is 2.36 bits per heavy atom. The summed E-state index contributed by atoms with van der Waals surface area (Å²) < 4.78 is 5.05. The van der Waals surface area contributed by atoms with Crippen LogP contribution >= 0.6 is 0 Å². The van der Waals surface area contributed by atoms with Gasteiger partial charge in [-0.05, 0) is 6.07 Å². The van der Waals surface area contributed by atoms with Crippen molar-refractivity contribution in [1.82, 2.24) is 5.32 Å². The molecule has 5 heteroatoms. The molecule has 1 aromatic carbocycles. The fraction of sp³-hybridized carbons (Fsp3) is 0.222. The second kappa shape index (κ2) is 4.36. The quantitative estimate of drug-likeness (QED) is 0.631. The Labute approximate surface area is 81.5 Å². The predicted molar refractivity (Wildman–Crippen MR) is 52.3 cm³/mol. The summed E-state index contributed by atoms with van der Waals surface area (Å²) in [5, 5.41) is 10.7. The van der Waals surface area contributed by atoms with Crippen LogP contribution in [0.2, 0.25) is 0 Å². The molecule has 0 aliphatic rings. The van der Waals surface area contributed by atoms with Crippen molar-refractivity contribution in [2.45, 2.75) is 6.54 Å². The number of carboxylic acid groups (broad SMARTS) is 1. The summed E-state index contributed by atoms with van der Waals surface area (Å²) in [5.74, 6) is 0.582. The molecule has 1 rings (SSSR count). The smallest absolute Gasteiger partial charge is 0.404 e. The van der Waals surface area contributed by atoms with Gasteiger partial charge in [-0.3, -0.25) is 0 Å². The Kier molecular flexibility index (Phi) is 3.17. The number of nitrogens with one attached hydrogen (secondary N) is 1. The molecule has 0 atom stereocenters. The molecule has 5 nitrogen and oxygen atoms in total. The Balaban J connectivity index is 2.80. The maximum Gasteiger partial charge on any atom is 0.404 e. The highest BCUT2D eigenvalue weighted by atomic mass is 16.5. The normalized spacial score (nSPS) is 9.50. The zero-order chi connectivity index (χ0) is 10.6. The lowest BCUT2D eigenvalue weighted by molar-refractivity contribution is 0.194. The molecule has 0 aliphatic carbocycles. The van der Waals surface area contributed by atoms with Gasteiger partial charge in [0.1, 0.15) is 5.75 Å². The van der Waals surface area contributed by atoms with E-state index in [0.29, 0.717) is 11.4 Å². The minimum atomic E-state index is -1.07. The van der Waals surface area contributed by atoms with Crippen LogP contribution in [0.4, 0.5) is 10.5 Å². The maximum atomic E-state index is 10.3. The molecular formula is C9H12N2O3. The molecule has 14 heavy (non-hydrogen) atoms. The molecule has 0 unspecified atom stereocenters. The van der Waals surface area contributed by atoms with E-state index in [9.17, 15) is 4.79 Å². The van der Waals surface area contributed by atoms with E-state index >= 15 is 0 Å². The Morgan fingerprint density at radius 3 is 2.93 bits per heavy atom. The van der Waals surface area contributed by atoms with Crippen molar-refractivity contribution >= 4 is 11.8 Å². The molecule has 0 saturated heterocycles. The number of rotatable bonds is 3. The second-order valence-electron chi connectivity index (χ2n) is 2.73. The lowest BCUT2D eigenvalue weighted by Crippen LogP contribution is -2.20. The van der Waals surface area contributed by atoms with Crippen LogP contribution in [0.1, 0.15) is 5.56 Å². The fourth-order valence-corrected chi connectivity index (χ4v) is 1.08. The number of amides is 1. The van der Waals surface area contributed by atoms with Crippen LogP contribution in [0.15, 0.2) is 18.2 Å². The Hall–Kier alpha value is -1.91. The summed E-state index contributed by atoms with van der Waals surface area (Å²) in [4.78, 5) is 10.3. The van der Waals surface area contributed by atoms with Crippen LogP contribution < -0.4 is 15.8 Å². The lowest BCUT2D eigenvalue weighted by Gasteiger charge is -2.08. The third-order valence-electron chi connectivity index (χ3n) is 1.74. The van der Waals surface area contributed by atoms with Gasteiger partial charge >= 0.3 is 6.09 Å². The second-order valence-corrected chi connectivity index (χ2v) is 2.73. The first-order valence-corrected chi connectivity index (χ1v) is 4.02. The summed E-state index contributed by atoms with van der Waals surface area (Å²) in [7, 11) is 1.51. The first-order chi connectivity index (χ1) is 6.63. The zero-order valence-electron chi connectivity index (χ0n) is 7.78. The topological polar surface area (TPSA) is 84.6 Å². The molecule has 76 valence electrons. The first-order valence-electron chi connectivity index (χ1n) is 4.02. The zero-order valence-corrected chi connectivity index (χ0v) is 7.78. The minimum absolute atomic E-state index is 0.207. The van der Waals surface area contributed by atoms with Crippen molar-refractivity contribution in [3.8, 4) is 5.75 Å². The van der Waals surface area contributed by atoms with Crippen LogP contribution in [-0.2, 0) is 6.54 Å². The SMILES string of the molecule is COc1cc(N)ccc1CNC(=O)O. The van der Waals surface area contributed by atoms with E-state index in [1.165, 1.54) is 7.11 Å². The van der Waals surface area contributed by atoms with Crippen LogP contribution in [0.3, 0.4) is 0 Å². The molecule has 0 aliphatic heterocycles. The van der Waals surface area contributed by atoms with Gasteiger partial charge in [-0.2, -0.15) is 0 Å². The minimum Gasteiger partial charge on any atom is -0.496 e. The van der Waals surface area contributed by atoms with E-state index in [4.69, 9.17) is 15.6 Å². The van der Waals surface area contributed by atoms with Gasteiger partial charge < -0.3 is 20.9 Å². The average molecular weight is 196 g/mol. The number of ether oxygens (including phenoxy) is 1. The van der Waals surface area contributed by atoms with Crippen LogP contribution in [0, 0.1) is 0 Å². The molecule has 0 aromatic heterocycles. The van der Waals surface area contributed by atoms with Crippen molar-refractivity contribution in [1.29, 1.82) is 0 Å². The van der Waals surface area contributed by atoms with Crippen molar-refractivity contribution in [3.05, 3.63) is 23.8 Å². The molecule has 0 radical (unpaired) electrons. The van der Waals surface area contributed by atoms with Gasteiger partial charge in [-0.1, -0.05) is 6.07 Å². The molecule has 1 amide bonds. The lowest BCUT2D eigenvalue weighted by atomic mass is 10.2. The molecule has 0 bridgehead atoms. The summed E-state index contributed by atoms with van der Waals surface area (Å²) in [6, 6.07) is 5.07. The highest BCUT2D eigenvalue weighted by molar-refractivity contribution is 5.64. The van der Waals surface area contributed by atoms with E-state index in [-0.39, 0.29) is 6.54 Å². The molecule has 0 heterocycles. The Morgan fingerprint density at radius 1 is 1.64 bits per heavy atom. The van der Waals surface area contributed by atoms with E-state index < -0.39 is 6.09 Å². The summed E-state index contributed by atoms with van der Waals surface area (Å²) in [6.45, 7) is 0.207. The Bertz CT molecular complexity index is 339. The number of anilines is 1. The predicted octanol–water partition coefficient (Wildman–Crippen LogP) is 1.05. The van der Waals surface area contributed by atoms with E-state index in [1.807, 2.05) is 0 Å². The number of hydrogen-bond donors (Lipinski definition) is 3. The summed E-state index contributed by atoms with van der Waals surface area (Å²) in [5.41, 5.74) is 6.88. The monoisotopic (exact) mass is 196 g/mol. The third kappa shape index (κ3) is 2.55. The maximum absolute atomic E-state index is 10.3.